The highest BCUT2D eigenvalue weighted by Crippen LogP contribution is 2.35. The van der Waals surface area contributed by atoms with E-state index in [1.165, 1.54) is 27.4 Å². The molecule has 2 aromatic rings. The number of alkyl halides is 3. The molecule has 0 radical (unpaired) electrons. The average Bonchev–Trinajstić information content (AvgIpc) is 2.86. The first kappa shape index (κ1) is 20.2. The number of nitrogens with zero attached hydrogens (tertiary/aromatic N) is 3. The van der Waals surface area contributed by atoms with Crippen LogP contribution in [0.3, 0.4) is 0 Å². The SMILES string of the molecule is FC(F)(F)CN1CCN(CCCN2c3ccccc3CCc3ccccc32)CC1. The number of para-hydroxylation sites is 2. The Balaban J connectivity index is 1.37. The predicted octanol–water partition coefficient (Wildman–Crippen LogP) is 4.49. The summed E-state index contributed by atoms with van der Waals surface area (Å²) < 4.78 is 37.7. The van der Waals surface area contributed by atoms with Crippen LogP contribution in [0.1, 0.15) is 17.5 Å². The molecular formula is C23H28F3N3. The second-order valence-electron chi connectivity index (χ2n) is 8.00. The van der Waals surface area contributed by atoms with Crippen molar-refractivity contribution in [3.8, 4) is 0 Å². The van der Waals surface area contributed by atoms with Crippen LogP contribution < -0.4 is 4.90 Å². The fourth-order valence-corrected chi connectivity index (χ4v) is 4.49. The molecule has 0 saturated carbocycles. The Morgan fingerprint density at radius 1 is 0.690 bits per heavy atom. The number of halogens is 3. The zero-order valence-electron chi connectivity index (χ0n) is 16.7. The fourth-order valence-electron chi connectivity index (χ4n) is 4.49. The standard InChI is InChI=1S/C23H28F3N3/c24-23(25,26)18-28-16-14-27(15-17-28)12-5-13-29-21-8-3-1-6-19(21)10-11-20-7-2-4-9-22(20)29/h1-4,6-9H,5,10-18H2. The molecule has 0 amide bonds. The summed E-state index contributed by atoms with van der Waals surface area (Å²) >= 11 is 0. The molecule has 2 heterocycles. The zero-order chi connectivity index (χ0) is 20.3. The topological polar surface area (TPSA) is 9.72 Å². The van der Waals surface area contributed by atoms with Gasteiger partial charge in [0.2, 0.25) is 0 Å². The molecule has 0 atom stereocenters. The van der Waals surface area contributed by atoms with Crippen LogP contribution >= 0.6 is 0 Å². The lowest BCUT2D eigenvalue weighted by molar-refractivity contribution is -0.149. The quantitative estimate of drug-likeness (QED) is 0.728. The van der Waals surface area contributed by atoms with Gasteiger partial charge >= 0.3 is 6.18 Å². The van der Waals surface area contributed by atoms with E-state index in [9.17, 15) is 13.2 Å². The van der Waals surface area contributed by atoms with Crippen molar-refractivity contribution in [1.82, 2.24) is 9.80 Å². The van der Waals surface area contributed by atoms with E-state index in [2.05, 4.69) is 58.3 Å². The number of fused-ring (bicyclic) bond motifs is 2. The van der Waals surface area contributed by atoms with E-state index in [-0.39, 0.29) is 0 Å². The number of anilines is 2. The molecule has 3 nitrogen and oxygen atoms in total. The summed E-state index contributed by atoms with van der Waals surface area (Å²) in [5.41, 5.74) is 5.33. The molecule has 6 heteroatoms. The summed E-state index contributed by atoms with van der Waals surface area (Å²) in [6.45, 7) is 3.45. The summed E-state index contributed by atoms with van der Waals surface area (Å²) in [7, 11) is 0. The van der Waals surface area contributed by atoms with Gasteiger partial charge in [-0.25, -0.2) is 0 Å². The Morgan fingerprint density at radius 2 is 1.21 bits per heavy atom. The first-order valence-electron chi connectivity index (χ1n) is 10.4. The first-order chi connectivity index (χ1) is 14.0. The van der Waals surface area contributed by atoms with Crippen molar-refractivity contribution >= 4 is 11.4 Å². The third kappa shape index (κ3) is 5.11. The van der Waals surface area contributed by atoms with Crippen molar-refractivity contribution in [2.24, 2.45) is 0 Å². The molecule has 0 spiro atoms. The van der Waals surface area contributed by atoms with Crippen LogP contribution in [0.25, 0.3) is 0 Å². The van der Waals surface area contributed by atoms with E-state index in [0.717, 1.165) is 32.4 Å². The molecule has 0 aromatic heterocycles. The highest BCUT2D eigenvalue weighted by molar-refractivity contribution is 5.71. The fraction of sp³-hybridized carbons (Fsp3) is 0.478. The smallest absolute Gasteiger partial charge is 0.341 e. The number of rotatable bonds is 5. The largest absolute Gasteiger partial charge is 0.401 e. The molecule has 4 rings (SSSR count). The summed E-state index contributed by atoms with van der Waals surface area (Å²) in [6, 6.07) is 17.2. The molecule has 0 N–H and O–H groups in total. The third-order valence-corrected chi connectivity index (χ3v) is 5.95. The van der Waals surface area contributed by atoms with Crippen molar-refractivity contribution in [3.05, 3.63) is 59.7 Å². The predicted molar refractivity (Wildman–Crippen MR) is 111 cm³/mol. The van der Waals surface area contributed by atoms with Crippen molar-refractivity contribution in [1.29, 1.82) is 0 Å². The van der Waals surface area contributed by atoms with Crippen LogP contribution in [0.2, 0.25) is 0 Å². The van der Waals surface area contributed by atoms with Crippen LogP contribution in [0, 0.1) is 0 Å². The maximum atomic E-state index is 12.6. The van der Waals surface area contributed by atoms with Crippen LogP contribution in [-0.4, -0.2) is 61.8 Å². The van der Waals surface area contributed by atoms with Gasteiger partial charge in [0.15, 0.2) is 0 Å². The van der Waals surface area contributed by atoms with E-state index in [1.54, 1.807) is 0 Å². The highest BCUT2D eigenvalue weighted by Gasteiger charge is 2.32. The first-order valence-corrected chi connectivity index (χ1v) is 10.4. The molecule has 2 aliphatic heterocycles. The van der Waals surface area contributed by atoms with E-state index >= 15 is 0 Å². The molecule has 2 aromatic carbocycles. The third-order valence-electron chi connectivity index (χ3n) is 5.95. The normalized spacial score (nSPS) is 18.2. The van der Waals surface area contributed by atoms with Gasteiger partial charge in [0.25, 0.3) is 0 Å². The van der Waals surface area contributed by atoms with Crippen molar-refractivity contribution in [2.45, 2.75) is 25.4 Å². The molecular weight excluding hydrogens is 375 g/mol. The number of piperazine rings is 1. The Hall–Kier alpha value is -2.05. The van der Waals surface area contributed by atoms with Gasteiger partial charge in [0.05, 0.1) is 6.54 Å². The summed E-state index contributed by atoms with van der Waals surface area (Å²) in [5.74, 6) is 0. The number of hydrogen-bond acceptors (Lipinski definition) is 3. The van der Waals surface area contributed by atoms with Gasteiger partial charge < -0.3 is 9.80 Å². The van der Waals surface area contributed by atoms with Gasteiger partial charge in [-0.2, -0.15) is 13.2 Å². The Labute approximate surface area is 170 Å². The molecule has 1 fully saturated rings. The van der Waals surface area contributed by atoms with Crippen molar-refractivity contribution in [2.75, 3.05) is 50.7 Å². The zero-order valence-corrected chi connectivity index (χ0v) is 16.7. The monoisotopic (exact) mass is 403 g/mol. The van der Waals surface area contributed by atoms with E-state index in [0.29, 0.717) is 26.2 Å². The van der Waals surface area contributed by atoms with Crippen LogP contribution in [0.5, 0.6) is 0 Å². The minimum absolute atomic E-state index is 0.495. The van der Waals surface area contributed by atoms with Crippen LogP contribution in [0.15, 0.2) is 48.5 Å². The Kier molecular flexibility index (Phi) is 6.11. The Bertz CT molecular complexity index is 766. The van der Waals surface area contributed by atoms with E-state index in [1.807, 2.05) is 0 Å². The minimum atomic E-state index is -4.10. The number of aryl methyl sites for hydroxylation is 2. The van der Waals surface area contributed by atoms with Gasteiger partial charge in [-0.15, -0.1) is 0 Å². The minimum Gasteiger partial charge on any atom is -0.341 e. The molecule has 0 bridgehead atoms. The lowest BCUT2D eigenvalue weighted by atomic mass is 10.0. The molecule has 0 unspecified atom stereocenters. The maximum absolute atomic E-state index is 12.6. The second-order valence-corrected chi connectivity index (χ2v) is 8.00. The van der Waals surface area contributed by atoms with Gasteiger partial charge in [-0.1, -0.05) is 36.4 Å². The van der Waals surface area contributed by atoms with Crippen LogP contribution in [-0.2, 0) is 12.8 Å². The highest BCUT2D eigenvalue weighted by atomic mass is 19.4. The second kappa shape index (κ2) is 8.76. The number of benzene rings is 2. The molecule has 1 saturated heterocycles. The molecule has 0 aliphatic carbocycles. The van der Waals surface area contributed by atoms with Crippen molar-refractivity contribution in [3.63, 3.8) is 0 Å². The molecule has 156 valence electrons. The van der Waals surface area contributed by atoms with Gasteiger partial charge in [0, 0.05) is 44.1 Å². The van der Waals surface area contributed by atoms with Crippen molar-refractivity contribution < 1.29 is 13.2 Å². The van der Waals surface area contributed by atoms with Gasteiger partial charge in [-0.3, -0.25) is 4.90 Å². The summed E-state index contributed by atoms with van der Waals surface area (Å²) in [4.78, 5) is 6.23. The maximum Gasteiger partial charge on any atom is 0.401 e. The van der Waals surface area contributed by atoms with E-state index < -0.39 is 12.7 Å². The summed E-state index contributed by atoms with van der Waals surface area (Å²) in [6.07, 6.45) is -1.02. The average molecular weight is 403 g/mol. The number of hydrogen-bond donors (Lipinski definition) is 0. The summed E-state index contributed by atoms with van der Waals surface area (Å²) in [5, 5.41) is 0. The molecule has 2 aliphatic rings. The molecule has 29 heavy (non-hydrogen) atoms. The Morgan fingerprint density at radius 3 is 1.76 bits per heavy atom. The lowest BCUT2D eigenvalue weighted by Gasteiger charge is -2.35. The van der Waals surface area contributed by atoms with E-state index in [4.69, 9.17) is 0 Å². The van der Waals surface area contributed by atoms with Gasteiger partial charge in [-0.05, 0) is 49.1 Å². The van der Waals surface area contributed by atoms with Crippen LogP contribution in [0.4, 0.5) is 24.5 Å². The van der Waals surface area contributed by atoms with Gasteiger partial charge in [0.1, 0.15) is 0 Å². The lowest BCUT2D eigenvalue weighted by Crippen LogP contribution is -2.49.